The van der Waals surface area contributed by atoms with Gasteiger partial charge >= 0.3 is 0 Å². The SMILES string of the molecule is Cc1ccc(Nc2ccc([N+](=O)[O-])c(I)c2)c(C)c1. The number of aryl methyl sites for hydroxylation is 2. The summed E-state index contributed by atoms with van der Waals surface area (Å²) in [5.41, 5.74) is 4.35. The Hall–Kier alpha value is -1.63. The normalized spacial score (nSPS) is 10.3. The lowest BCUT2D eigenvalue weighted by Gasteiger charge is -2.10. The Labute approximate surface area is 125 Å². The Balaban J connectivity index is 2.29. The van der Waals surface area contributed by atoms with E-state index in [2.05, 4.69) is 11.4 Å². The van der Waals surface area contributed by atoms with Crippen LogP contribution in [-0.4, -0.2) is 4.92 Å². The van der Waals surface area contributed by atoms with Crippen LogP contribution in [0, 0.1) is 27.5 Å². The highest BCUT2D eigenvalue weighted by atomic mass is 127. The second-order valence-electron chi connectivity index (χ2n) is 4.37. The zero-order valence-corrected chi connectivity index (χ0v) is 12.8. The number of nitrogens with one attached hydrogen (secondary N) is 1. The molecule has 0 saturated carbocycles. The second-order valence-corrected chi connectivity index (χ2v) is 5.53. The lowest BCUT2D eigenvalue weighted by molar-refractivity contribution is -0.385. The van der Waals surface area contributed by atoms with Crippen LogP contribution in [0.15, 0.2) is 36.4 Å². The van der Waals surface area contributed by atoms with E-state index >= 15 is 0 Å². The van der Waals surface area contributed by atoms with Gasteiger partial charge in [-0.2, -0.15) is 0 Å². The van der Waals surface area contributed by atoms with Crippen LogP contribution in [0.3, 0.4) is 0 Å². The van der Waals surface area contributed by atoms with Gasteiger partial charge in [0.05, 0.1) is 8.49 Å². The van der Waals surface area contributed by atoms with Gasteiger partial charge in [0.2, 0.25) is 0 Å². The maximum Gasteiger partial charge on any atom is 0.282 e. The van der Waals surface area contributed by atoms with Gasteiger partial charge in [0.1, 0.15) is 0 Å². The molecule has 0 aromatic heterocycles. The molecule has 0 fully saturated rings. The van der Waals surface area contributed by atoms with Gasteiger partial charge in [0.25, 0.3) is 5.69 Å². The summed E-state index contributed by atoms with van der Waals surface area (Å²) in [5.74, 6) is 0. The number of nitrogens with zero attached hydrogens (tertiary/aromatic N) is 1. The molecule has 0 radical (unpaired) electrons. The van der Waals surface area contributed by atoms with Crippen molar-refractivity contribution in [1.29, 1.82) is 0 Å². The van der Waals surface area contributed by atoms with E-state index in [1.165, 1.54) is 11.6 Å². The molecule has 0 heterocycles. The van der Waals surface area contributed by atoms with E-state index in [-0.39, 0.29) is 10.6 Å². The fraction of sp³-hybridized carbons (Fsp3) is 0.143. The Bertz CT molecular complexity index is 641. The Morgan fingerprint density at radius 3 is 2.47 bits per heavy atom. The van der Waals surface area contributed by atoms with E-state index in [0.29, 0.717) is 3.57 Å². The summed E-state index contributed by atoms with van der Waals surface area (Å²) < 4.78 is 0.623. The van der Waals surface area contributed by atoms with Crippen molar-refractivity contribution in [2.45, 2.75) is 13.8 Å². The van der Waals surface area contributed by atoms with Crippen molar-refractivity contribution < 1.29 is 4.92 Å². The number of nitro groups is 1. The van der Waals surface area contributed by atoms with Gasteiger partial charge in [0, 0.05) is 17.4 Å². The third kappa shape index (κ3) is 3.23. The van der Waals surface area contributed by atoms with Gasteiger partial charge in [-0.25, -0.2) is 0 Å². The van der Waals surface area contributed by atoms with Crippen LogP contribution < -0.4 is 5.32 Å². The molecule has 4 nitrogen and oxygen atoms in total. The molecular weight excluding hydrogens is 355 g/mol. The van der Waals surface area contributed by atoms with Crippen molar-refractivity contribution >= 4 is 39.7 Å². The summed E-state index contributed by atoms with van der Waals surface area (Å²) >= 11 is 1.98. The van der Waals surface area contributed by atoms with Gasteiger partial charge in [0.15, 0.2) is 0 Å². The fourth-order valence-electron chi connectivity index (χ4n) is 1.84. The average Bonchev–Trinajstić information content (AvgIpc) is 2.32. The number of hydrogen-bond donors (Lipinski definition) is 1. The van der Waals surface area contributed by atoms with Crippen LogP contribution in [0.5, 0.6) is 0 Å². The Kier molecular flexibility index (Phi) is 4.04. The first-order chi connectivity index (χ1) is 8.97. The summed E-state index contributed by atoms with van der Waals surface area (Å²) in [6.07, 6.45) is 0. The molecule has 0 aliphatic carbocycles. The third-order valence-corrected chi connectivity index (χ3v) is 3.67. The van der Waals surface area contributed by atoms with E-state index in [4.69, 9.17) is 0 Å². The highest BCUT2D eigenvalue weighted by Crippen LogP contribution is 2.27. The smallest absolute Gasteiger partial charge is 0.282 e. The molecule has 19 heavy (non-hydrogen) atoms. The largest absolute Gasteiger partial charge is 0.355 e. The summed E-state index contributed by atoms with van der Waals surface area (Å²) in [6.45, 7) is 4.08. The van der Waals surface area contributed by atoms with Crippen LogP contribution >= 0.6 is 22.6 Å². The topological polar surface area (TPSA) is 55.2 Å². The number of halogens is 1. The molecule has 0 spiro atoms. The Morgan fingerprint density at radius 2 is 1.89 bits per heavy atom. The minimum absolute atomic E-state index is 0.131. The zero-order valence-electron chi connectivity index (χ0n) is 10.6. The van der Waals surface area contributed by atoms with Crippen molar-refractivity contribution in [3.63, 3.8) is 0 Å². The zero-order chi connectivity index (χ0) is 14.0. The van der Waals surface area contributed by atoms with Crippen molar-refractivity contribution in [2.75, 3.05) is 5.32 Å². The van der Waals surface area contributed by atoms with E-state index in [1.54, 1.807) is 12.1 Å². The van der Waals surface area contributed by atoms with Crippen LogP contribution in [0.2, 0.25) is 0 Å². The molecule has 2 rings (SSSR count). The molecule has 1 N–H and O–H groups in total. The van der Waals surface area contributed by atoms with Crippen LogP contribution in [0.4, 0.5) is 17.1 Å². The highest BCUT2D eigenvalue weighted by molar-refractivity contribution is 14.1. The first kappa shape index (κ1) is 13.8. The maximum absolute atomic E-state index is 10.8. The molecule has 2 aromatic rings. The quantitative estimate of drug-likeness (QED) is 0.491. The van der Waals surface area contributed by atoms with Gasteiger partial charge in [-0.3, -0.25) is 10.1 Å². The summed E-state index contributed by atoms with van der Waals surface area (Å²) in [7, 11) is 0. The first-order valence-electron chi connectivity index (χ1n) is 5.75. The number of rotatable bonds is 3. The summed E-state index contributed by atoms with van der Waals surface area (Å²) in [6, 6.07) is 11.2. The lowest BCUT2D eigenvalue weighted by Crippen LogP contribution is -1.96. The van der Waals surface area contributed by atoms with Crippen LogP contribution in [0.25, 0.3) is 0 Å². The van der Waals surface area contributed by atoms with Gasteiger partial charge in [-0.1, -0.05) is 17.7 Å². The standard InChI is InChI=1S/C14H13IN2O2/c1-9-3-5-13(10(2)7-9)16-11-4-6-14(17(18)19)12(15)8-11/h3-8,16H,1-2H3. The number of hydrogen-bond acceptors (Lipinski definition) is 3. The fourth-order valence-corrected chi connectivity index (χ4v) is 2.55. The molecule has 0 atom stereocenters. The maximum atomic E-state index is 10.8. The Morgan fingerprint density at radius 1 is 1.16 bits per heavy atom. The molecule has 5 heteroatoms. The van der Waals surface area contributed by atoms with Crippen LogP contribution in [-0.2, 0) is 0 Å². The first-order valence-corrected chi connectivity index (χ1v) is 6.83. The van der Waals surface area contributed by atoms with Gasteiger partial charge in [-0.05, 0) is 60.2 Å². The van der Waals surface area contributed by atoms with E-state index in [9.17, 15) is 10.1 Å². The van der Waals surface area contributed by atoms with Gasteiger partial charge < -0.3 is 5.32 Å². The predicted octanol–water partition coefficient (Wildman–Crippen LogP) is 4.56. The summed E-state index contributed by atoms with van der Waals surface area (Å²) in [4.78, 5) is 10.4. The van der Waals surface area contributed by atoms with E-state index in [0.717, 1.165) is 16.9 Å². The molecule has 0 unspecified atom stereocenters. The van der Waals surface area contributed by atoms with E-state index < -0.39 is 0 Å². The van der Waals surface area contributed by atoms with Crippen molar-refractivity contribution in [1.82, 2.24) is 0 Å². The molecule has 2 aromatic carbocycles. The minimum atomic E-state index is -0.372. The molecule has 0 saturated heterocycles. The molecular formula is C14H13IN2O2. The predicted molar refractivity (Wildman–Crippen MR) is 85.0 cm³/mol. The van der Waals surface area contributed by atoms with Crippen molar-refractivity contribution in [3.8, 4) is 0 Å². The number of benzene rings is 2. The van der Waals surface area contributed by atoms with Crippen molar-refractivity contribution in [3.05, 3.63) is 61.2 Å². The monoisotopic (exact) mass is 368 g/mol. The van der Waals surface area contributed by atoms with Gasteiger partial charge in [-0.15, -0.1) is 0 Å². The molecule has 0 aliphatic rings. The molecule has 0 aliphatic heterocycles. The number of nitro benzene ring substituents is 1. The average molecular weight is 368 g/mol. The third-order valence-electron chi connectivity index (χ3n) is 2.81. The summed E-state index contributed by atoms with van der Waals surface area (Å²) in [5, 5.41) is 14.0. The molecule has 0 amide bonds. The molecule has 0 bridgehead atoms. The van der Waals surface area contributed by atoms with Crippen molar-refractivity contribution in [2.24, 2.45) is 0 Å². The van der Waals surface area contributed by atoms with E-state index in [1.807, 2.05) is 48.6 Å². The second kappa shape index (κ2) is 5.56. The number of anilines is 2. The lowest BCUT2D eigenvalue weighted by atomic mass is 10.1. The van der Waals surface area contributed by atoms with Crippen LogP contribution in [0.1, 0.15) is 11.1 Å². The minimum Gasteiger partial charge on any atom is -0.355 e. The highest BCUT2D eigenvalue weighted by Gasteiger charge is 2.11. The molecule has 98 valence electrons.